The van der Waals surface area contributed by atoms with Crippen molar-refractivity contribution in [2.75, 3.05) is 13.6 Å². The van der Waals surface area contributed by atoms with Gasteiger partial charge in [-0.05, 0) is 83.6 Å². The SMILES string of the molecule is Cc1ccc(S(=O)(=O)N[C@H](Cc2ccccc2)C(=O)NCc2cccc(-c3cccc([C@@H]4O[C@H](CN(C)Cc5ccccc5)C[C@H](c5ccc(CO)cc5)O4)c3)c2)cc1. The minimum absolute atomic E-state index is 0.0182. The third-order valence-corrected chi connectivity index (χ3v) is 12.0. The van der Waals surface area contributed by atoms with Crippen LogP contribution in [-0.2, 0) is 50.4 Å². The summed E-state index contributed by atoms with van der Waals surface area (Å²) in [5, 5.41) is 12.6. The van der Waals surface area contributed by atoms with Gasteiger partial charge in [-0.15, -0.1) is 0 Å². The Kier molecular flexibility index (Phi) is 13.8. The number of hydrogen-bond donors (Lipinski definition) is 3. The van der Waals surface area contributed by atoms with Crippen LogP contribution in [0.2, 0.25) is 0 Å². The number of nitrogens with zero attached hydrogens (tertiary/aromatic N) is 1. The number of nitrogens with one attached hydrogen (secondary N) is 2. The van der Waals surface area contributed by atoms with E-state index < -0.39 is 28.3 Å². The summed E-state index contributed by atoms with van der Waals surface area (Å²) in [4.78, 5) is 16.1. The highest BCUT2D eigenvalue weighted by molar-refractivity contribution is 7.89. The molecule has 6 aromatic rings. The van der Waals surface area contributed by atoms with Gasteiger partial charge in [-0.25, -0.2) is 8.42 Å². The van der Waals surface area contributed by atoms with E-state index in [2.05, 4.69) is 52.3 Å². The number of aryl methyl sites for hydroxylation is 1. The lowest BCUT2D eigenvalue weighted by molar-refractivity contribution is -0.252. The fraction of sp³-hybridized carbons (Fsp3) is 0.245. The fourth-order valence-corrected chi connectivity index (χ4v) is 8.58. The molecule has 1 fully saturated rings. The quantitative estimate of drug-likeness (QED) is 0.0907. The number of sulfonamides is 1. The van der Waals surface area contributed by atoms with Crippen molar-refractivity contribution in [2.45, 2.75) is 68.9 Å². The minimum Gasteiger partial charge on any atom is -0.392 e. The molecular weight excluding hydrogens is 759 g/mol. The third-order valence-electron chi connectivity index (χ3n) is 10.5. The molecule has 7 rings (SSSR count). The second kappa shape index (κ2) is 19.5. The fourth-order valence-electron chi connectivity index (χ4n) is 7.39. The van der Waals surface area contributed by atoms with E-state index in [-0.39, 0.29) is 36.7 Å². The number of carbonyl (C=O) groups is 1. The topological polar surface area (TPSA) is 117 Å². The van der Waals surface area contributed by atoms with Crippen molar-refractivity contribution in [3.63, 3.8) is 0 Å². The van der Waals surface area contributed by atoms with E-state index in [1.54, 1.807) is 24.3 Å². The van der Waals surface area contributed by atoms with Gasteiger partial charge in [-0.2, -0.15) is 4.72 Å². The third kappa shape index (κ3) is 11.4. The van der Waals surface area contributed by atoms with Gasteiger partial charge in [-0.1, -0.05) is 139 Å². The number of aliphatic hydroxyl groups is 1. The minimum atomic E-state index is -3.97. The van der Waals surface area contributed by atoms with E-state index in [1.807, 2.05) is 110 Å². The number of likely N-dealkylation sites (N-methyl/N-ethyl adjacent to an activating group) is 1. The molecular formula is C49H51N3O6S. The van der Waals surface area contributed by atoms with Gasteiger partial charge in [0.25, 0.3) is 0 Å². The van der Waals surface area contributed by atoms with Crippen LogP contribution in [0.4, 0.5) is 0 Å². The van der Waals surface area contributed by atoms with E-state index in [0.29, 0.717) is 13.0 Å². The number of aliphatic hydroxyl groups excluding tert-OH is 1. The Morgan fingerprint density at radius 2 is 1.37 bits per heavy atom. The lowest BCUT2D eigenvalue weighted by Gasteiger charge is -2.38. The highest BCUT2D eigenvalue weighted by atomic mass is 32.2. The summed E-state index contributed by atoms with van der Waals surface area (Å²) in [6.07, 6.45) is -0.0585. The van der Waals surface area contributed by atoms with Crippen LogP contribution in [0.25, 0.3) is 11.1 Å². The van der Waals surface area contributed by atoms with E-state index in [9.17, 15) is 18.3 Å². The normalized spacial score (nSPS) is 17.4. The summed E-state index contributed by atoms with van der Waals surface area (Å²) in [5.74, 6) is -0.423. The first-order chi connectivity index (χ1) is 28.6. The Labute approximate surface area is 347 Å². The van der Waals surface area contributed by atoms with Crippen LogP contribution >= 0.6 is 0 Å². The zero-order valence-corrected chi connectivity index (χ0v) is 34.2. The average Bonchev–Trinajstić information content (AvgIpc) is 3.26. The standard InChI is InChI=1S/C49H51N3O6S/c1-35-19-25-45(26-20-35)59(55,56)51-46(28-36-11-5-3-6-12-36)48(54)50-31-39-15-9-16-41(27-39)42-17-10-18-43(29-42)49-57-44(33-52(2)32-37-13-7-4-8-14-37)30-47(58-49)40-23-21-38(34-53)22-24-40/h3-27,29,44,46-47,49,51,53H,28,30-34H2,1-2H3,(H,50,54)/t44-,46+,47+,49+/m0/s1. The van der Waals surface area contributed by atoms with Gasteiger partial charge in [-0.3, -0.25) is 9.69 Å². The van der Waals surface area contributed by atoms with Crippen molar-refractivity contribution in [3.05, 3.63) is 197 Å². The Morgan fingerprint density at radius 1 is 0.729 bits per heavy atom. The summed E-state index contributed by atoms with van der Waals surface area (Å²) in [6, 6.07) is 49.3. The van der Waals surface area contributed by atoms with E-state index in [0.717, 1.165) is 51.1 Å². The van der Waals surface area contributed by atoms with Gasteiger partial charge in [0.1, 0.15) is 6.04 Å². The molecule has 1 saturated heterocycles. The number of hydrogen-bond acceptors (Lipinski definition) is 7. The van der Waals surface area contributed by atoms with Crippen molar-refractivity contribution < 1.29 is 27.8 Å². The van der Waals surface area contributed by atoms with Crippen molar-refractivity contribution in [1.82, 2.24) is 14.9 Å². The number of amides is 1. The molecule has 0 aromatic heterocycles. The molecule has 1 heterocycles. The van der Waals surface area contributed by atoms with Gasteiger partial charge in [0.05, 0.1) is 23.7 Å². The summed E-state index contributed by atoms with van der Waals surface area (Å²) >= 11 is 0. The van der Waals surface area contributed by atoms with Gasteiger partial charge in [0.15, 0.2) is 6.29 Å². The maximum Gasteiger partial charge on any atom is 0.241 e. The molecule has 1 amide bonds. The van der Waals surface area contributed by atoms with Crippen LogP contribution < -0.4 is 10.0 Å². The molecule has 1 aliphatic rings. The molecule has 1 aliphatic heterocycles. The molecule has 0 saturated carbocycles. The molecule has 3 N–H and O–H groups in total. The zero-order chi connectivity index (χ0) is 41.2. The molecule has 4 atom stereocenters. The van der Waals surface area contributed by atoms with Crippen LogP contribution in [0.1, 0.15) is 57.8 Å². The molecule has 0 aliphatic carbocycles. The molecule has 0 bridgehead atoms. The number of benzene rings is 6. The van der Waals surface area contributed by atoms with E-state index in [4.69, 9.17) is 9.47 Å². The second-order valence-electron chi connectivity index (χ2n) is 15.3. The number of rotatable bonds is 16. The van der Waals surface area contributed by atoms with Crippen molar-refractivity contribution >= 4 is 15.9 Å². The lowest BCUT2D eigenvalue weighted by atomic mass is 9.98. The maximum absolute atomic E-state index is 13.7. The predicted octanol–water partition coefficient (Wildman–Crippen LogP) is 8.04. The molecule has 0 spiro atoms. The smallest absolute Gasteiger partial charge is 0.241 e. The van der Waals surface area contributed by atoms with Gasteiger partial charge >= 0.3 is 0 Å². The van der Waals surface area contributed by atoms with Gasteiger partial charge < -0.3 is 19.9 Å². The van der Waals surface area contributed by atoms with Gasteiger partial charge in [0, 0.05) is 31.6 Å². The summed E-state index contributed by atoms with van der Waals surface area (Å²) in [6.45, 7) is 3.59. The van der Waals surface area contributed by atoms with E-state index >= 15 is 0 Å². The number of carbonyl (C=O) groups excluding carboxylic acids is 1. The largest absolute Gasteiger partial charge is 0.392 e. The summed E-state index contributed by atoms with van der Waals surface area (Å²) in [5.41, 5.74) is 8.55. The van der Waals surface area contributed by atoms with Crippen LogP contribution in [-0.4, -0.2) is 50.1 Å². The first-order valence-corrected chi connectivity index (χ1v) is 21.4. The molecule has 59 heavy (non-hydrogen) atoms. The highest BCUT2D eigenvalue weighted by Gasteiger charge is 2.33. The molecule has 0 radical (unpaired) electrons. The molecule has 10 heteroatoms. The highest BCUT2D eigenvalue weighted by Crippen LogP contribution is 2.39. The molecule has 304 valence electrons. The molecule has 6 aromatic carbocycles. The zero-order valence-electron chi connectivity index (χ0n) is 33.4. The first-order valence-electron chi connectivity index (χ1n) is 19.9. The Bertz CT molecular complexity index is 2390. The Hall–Kier alpha value is -5.46. The van der Waals surface area contributed by atoms with E-state index in [1.165, 1.54) is 5.56 Å². The lowest BCUT2D eigenvalue weighted by Crippen LogP contribution is -2.47. The van der Waals surface area contributed by atoms with Crippen LogP contribution in [0.5, 0.6) is 0 Å². The molecule has 0 unspecified atom stereocenters. The van der Waals surface area contributed by atoms with Crippen molar-refractivity contribution in [1.29, 1.82) is 0 Å². The number of ether oxygens (including phenoxy) is 2. The first kappa shape index (κ1) is 41.7. The van der Waals surface area contributed by atoms with Crippen molar-refractivity contribution in [2.24, 2.45) is 0 Å². The average molecular weight is 810 g/mol. The van der Waals surface area contributed by atoms with Gasteiger partial charge in [0.2, 0.25) is 15.9 Å². The second-order valence-corrected chi connectivity index (χ2v) is 17.0. The Morgan fingerprint density at radius 3 is 2.07 bits per heavy atom. The molecule has 9 nitrogen and oxygen atoms in total. The summed E-state index contributed by atoms with van der Waals surface area (Å²) < 4.78 is 42.8. The maximum atomic E-state index is 13.7. The monoisotopic (exact) mass is 809 g/mol. The Balaban J connectivity index is 1.06. The predicted molar refractivity (Wildman–Crippen MR) is 230 cm³/mol. The van der Waals surface area contributed by atoms with Crippen LogP contribution in [0, 0.1) is 6.92 Å². The van der Waals surface area contributed by atoms with Crippen LogP contribution in [0.15, 0.2) is 163 Å². The summed E-state index contributed by atoms with van der Waals surface area (Å²) in [7, 11) is -1.86. The van der Waals surface area contributed by atoms with Crippen LogP contribution in [0.3, 0.4) is 0 Å². The van der Waals surface area contributed by atoms with Crippen molar-refractivity contribution in [3.8, 4) is 11.1 Å².